The molecular weight excluding hydrogens is 320 g/mol. The van der Waals surface area contributed by atoms with Crippen LogP contribution in [-0.2, 0) is 6.54 Å². The van der Waals surface area contributed by atoms with Crippen molar-refractivity contribution in [2.75, 3.05) is 0 Å². The zero-order valence-electron chi connectivity index (χ0n) is 12.5. The van der Waals surface area contributed by atoms with Gasteiger partial charge >= 0.3 is 5.69 Å². The first kappa shape index (κ1) is 15.2. The van der Waals surface area contributed by atoms with E-state index in [1.165, 1.54) is 4.68 Å². The van der Waals surface area contributed by atoms with Crippen LogP contribution in [0, 0.1) is 24.0 Å². The van der Waals surface area contributed by atoms with Gasteiger partial charge in [-0.05, 0) is 26.0 Å². The summed E-state index contributed by atoms with van der Waals surface area (Å²) in [5, 5.41) is 15.8. The number of rotatable bonds is 4. The first-order valence-electron chi connectivity index (χ1n) is 6.84. The fourth-order valence-electron chi connectivity index (χ4n) is 2.39. The molecule has 3 aromatic rings. The molecule has 0 saturated carbocycles. The third kappa shape index (κ3) is 2.95. The quantitative estimate of drug-likeness (QED) is 0.536. The van der Waals surface area contributed by atoms with Crippen molar-refractivity contribution in [2.24, 2.45) is 0 Å². The smallest absolute Gasteiger partial charge is 0.312 e. The Bertz CT molecular complexity index is 885. The number of hydrogen-bond donors (Lipinski definition) is 0. The lowest BCUT2D eigenvalue weighted by molar-refractivity contribution is -0.386. The van der Waals surface area contributed by atoms with Gasteiger partial charge in [0.2, 0.25) is 5.89 Å². The number of nitrogens with zero attached hydrogens (tertiary/aromatic N) is 4. The van der Waals surface area contributed by atoms with Crippen LogP contribution in [0.15, 0.2) is 34.9 Å². The molecule has 0 N–H and O–H groups in total. The normalized spacial score (nSPS) is 10.9. The first-order chi connectivity index (χ1) is 11.0. The van der Waals surface area contributed by atoms with Crippen LogP contribution in [0.25, 0.3) is 11.3 Å². The Hall–Kier alpha value is -2.67. The Labute approximate surface area is 136 Å². The van der Waals surface area contributed by atoms with E-state index < -0.39 is 4.92 Å². The summed E-state index contributed by atoms with van der Waals surface area (Å²) >= 11 is 5.96. The topological polar surface area (TPSA) is 87.0 Å². The van der Waals surface area contributed by atoms with Gasteiger partial charge in [0.05, 0.1) is 11.1 Å². The lowest BCUT2D eigenvalue weighted by atomic mass is 10.2. The highest BCUT2D eigenvalue weighted by Crippen LogP contribution is 2.25. The summed E-state index contributed by atoms with van der Waals surface area (Å²) in [6.07, 6.45) is 1.60. The van der Waals surface area contributed by atoms with Crippen LogP contribution < -0.4 is 0 Å². The summed E-state index contributed by atoms with van der Waals surface area (Å²) < 4.78 is 7.21. The Morgan fingerprint density at radius 2 is 2.17 bits per heavy atom. The maximum absolute atomic E-state index is 11.0. The first-order valence-corrected chi connectivity index (χ1v) is 7.22. The maximum Gasteiger partial charge on any atom is 0.312 e. The van der Waals surface area contributed by atoms with Gasteiger partial charge in [0, 0.05) is 10.6 Å². The second-order valence-electron chi connectivity index (χ2n) is 5.06. The van der Waals surface area contributed by atoms with Gasteiger partial charge < -0.3 is 4.42 Å². The number of aryl methyl sites for hydroxylation is 1. The summed E-state index contributed by atoms with van der Waals surface area (Å²) in [6, 6.07) is 7.24. The van der Waals surface area contributed by atoms with Gasteiger partial charge in [-0.1, -0.05) is 23.7 Å². The van der Waals surface area contributed by atoms with E-state index in [2.05, 4.69) is 10.1 Å². The molecule has 0 saturated heterocycles. The molecule has 0 radical (unpaired) electrons. The van der Waals surface area contributed by atoms with Crippen LogP contribution in [0.3, 0.4) is 0 Å². The molecule has 0 spiro atoms. The largest absolute Gasteiger partial charge is 0.439 e. The van der Waals surface area contributed by atoms with Crippen molar-refractivity contribution in [3.05, 3.63) is 62.9 Å². The molecule has 23 heavy (non-hydrogen) atoms. The van der Waals surface area contributed by atoms with E-state index in [4.69, 9.17) is 16.0 Å². The van der Waals surface area contributed by atoms with Crippen LogP contribution in [0.4, 0.5) is 5.69 Å². The number of oxazole rings is 1. The SMILES string of the molecule is Cc1nn(Cc2ncc(-c3cccc(Cl)c3)o2)c(C)c1[N+](=O)[O-]. The number of halogens is 1. The van der Waals surface area contributed by atoms with Crippen LogP contribution >= 0.6 is 11.6 Å². The molecule has 0 fully saturated rings. The van der Waals surface area contributed by atoms with Crippen LogP contribution in [0.1, 0.15) is 17.3 Å². The highest BCUT2D eigenvalue weighted by molar-refractivity contribution is 6.30. The van der Waals surface area contributed by atoms with Crippen LogP contribution in [-0.4, -0.2) is 19.7 Å². The fraction of sp³-hybridized carbons (Fsp3) is 0.200. The minimum atomic E-state index is -0.429. The van der Waals surface area contributed by atoms with E-state index >= 15 is 0 Å². The zero-order valence-corrected chi connectivity index (χ0v) is 13.2. The van der Waals surface area contributed by atoms with Crippen molar-refractivity contribution in [3.63, 3.8) is 0 Å². The minimum Gasteiger partial charge on any atom is -0.439 e. The van der Waals surface area contributed by atoms with Gasteiger partial charge in [0.25, 0.3) is 0 Å². The highest BCUT2D eigenvalue weighted by atomic mass is 35.5. The third-order valence-electron chi connectivity index (χ3n) is 3.47. The predicted molar refractivity (Wildman–Crippen MR) is 84.4 cm³/mol. The lowest BCUT2D eigenvalue weighted by Crippen LogP contribution is -2.04. The average Bonchev–Trinajstić information content (AvgIpc) is 3.05. The van der Waals surface area contributed by atoms with Crippen LogP contribution in [0.5, 0.6) is 0 Å². The molecule has 1 aromatic carbocycles. The standard InChI is InChI=1S/C15H13ClN4O3/c1-9-15(20(21)22)10(2)19(18-9)8-14-17-7-13(23-14)11-4-3-5-12(16)6-11/h3-7H,8H2,1-2H3. The lowest BCUT2D eigenvalue weighted by Gasteiger charge is -2.00. The van der Waals surface area contributed by atoms with E-state index in [0.29, 0.717) is 28.1 Å². The van der Waals surface area contributed by atoms with Crippen LogP contribution in [0.2, 0.25) is 5.02 Å². The van der Waals surface area contributed by atoms with Crippen molar-refractivity contribution < 1.29 is 9.34 Å². The monoisotopic (exact) mass is 332 g/mol. The van der Waals surface area contributed by atoms with Crippen molar-refractivity contribution in [2.45, 2.75) is 20.4 Å². The fourth-order valence-corrected chi connectivity index (χ4v) is 2.58. The molecule has 0 bridgehead atoms. The predicted octanol–water partition coefficient (Wildman–Crippen LogP) is 3.76. The van der Waals surface area contributed by atoms with Gasteiger partial charge in [0.15, 0.2) is 5.76 Å². The minimum absolute atomic E-state index is 0.0200. The molecule has 2 heterocycles. The zero-order chi connectivity index (χ0) is 16.6. The second-order valence-corrected chi connectivity index (χ2v) is 5.50. The van der Waals surface area contributed by atoms with Gasteiger partial charge in [-0.3, -0.25) is 14.8 Å². The number of nitro groups is 1. The Kier molecular flexibility index (Phi) is 3.87. The Balaban J connectivity index is 1.88. The average molecular weight is 333 g/mol. The summed E-state index contributed by atoms with van der Waals surface area (Å²) in [5.41, 5.74) is 1.67. The number of benzene rings is 1. The molecule has 0 aliphatic rings. The number of aromatic nitrogens is 3. The van der Waals surface area contributed by atoms with E-state index in [1.807, 2.05) is 12.1 Å². The molecule has 8 heteroatoms. The highest BCUT2D eigenvalue weighted by Gasteiger charge is 2.22. The van der Waals surface area contributed by atoms with E-state index in [-0.39, 0.29) is 12.2 Å². The molecular formula is C15H13ClN4O3. The Morgan fingerprint density at radius 3 is 2.83 bits per heavy atom. The molecule has 0 atom stereocenters. The van der Waals surface area contributed by atoms with Crippen molar-refractivity contribution >= 4 is 17.3 Å². The maximum atomic E-state index is 11.0. The van der Waals surface area contributed by atoms with E-state index in [1.54, 1.807) is 32.2 Å². The molecule has 3 rings (SSSR count). The molecule has 0 aliphatic heterocycles. The van der Waals surface area contributed by atoms with E-state index in [9.17, 15) is 10.1 Å². The summed E-state index contributed by atoms with van der Waals surface area (Å²) in [4.78, 5) is 14.8. The molecule has 0 aliphatic carbocycles. The summed E-state index contributed by atoms with van der Waals surface area (Å²) in [6.45, 7) is 3.48. The van der Waals surface area contributed by atoms with Crippen molar-refractivity contribution in [1.29, 1.82) is 0 Å². The third-order valence-corrected chi connectivity index (χ3v) is 3.71. The second kappa shape index (κ2) is 5.85. The van der Waals surface area contributed by atoms with Crippen molar-refractivity contribution in [3.8, 4) is 11.3 Å². The summed E-state index contributed by atoms with van der Waals surface area (Å²) in [5.74, 6) is 0.999. The van der Waals surface area contributed by atoms with Gasteiger partial charge in [-0.25, -0.2) is 4.98 Å². The molecule has 2 aromatic heterocycles. The van der Waals surface area contributed by atoms with Gasteiger partial charge in [-0.2, -0.15) is 5.10 Å². The molecule has 7 nitrogen and oxygen atoms in total. The van der Waals surface area contributed by atoms with Gasteiger partial charge in [0.1, 0.15) is 17.9 Å². The Morgan fingerprint density at radius 1 is 1.39 bits per heavy atom. The van der Waals surface area contributed by atoms with Crippen molar-refractivity contribution in [1.82, 2.24) is 14.8 Å². The summed E-state index contributed by atoms with van der Waals surface area (Å²) in [7, 11) is 0. The number of hydrogen-bond acceptors (Lipinski definition) is 5. The molecule has 0 amide bonds. The van der Waals surface area contributed by atoms with E-state index in [0.717, 1.165) is 5.56 Å². The van der Waals surface area contributed by atoms with Gasteiger partial charge in [-0.15, -0.1) is 0 Å². The molecule has 118 valence electrons. The molecule has 0 unspecified atom stereocenters.